The van der Waals surface area contributed by atoms with Crippen molar-refractivity contribution in [2.24, 2.45) is 11.8 Å². The number of aromatic nitrogens is 2. The molecule has 1 aromatic heterocycles. The third kappa shape index (κ3) is 4.41. The largest absolute Gasteiger partial charge is 0.481 e. The van der Waals surface area contributed by atoms with E-state index in [0.717, 1.165) is 61.7 Å². The zero-order valence-corrected chi connectivity index (χ0v) is 20.3. The Morgan fingerprint density at radius 3 is 2.62 bits per heavy atom. The topological polar surface area (TPSA) is 84.7 Å². The lowest BCUT2D eigenvalue weighted by atomic mass is 9.77. The highest BCUT2D eigenvalue weighted by Crippen LogP contribution is 2.38. The molecule has 1 aliphatic heterocycles. The Hall–Kier alpha value is -2.57. The van der Waals surface area contributed by atoms with E-state index >= 15 is 0 Å². The maximum absolute atomic E-state index is 12.2. The minimum absolute atomic E-state index is 0.219. The lowest BCUT2D eigenvalue weighted by Gasteiger charge is -2.29. The van der Waals surface area contributed by atoms with E-state index in [1.165, 1.54) is 50.6 Å². The number of methoxy groups -OCH3 is 1. The van der Waals surface area contributed by atoms with Crippen LogP contribution < -0.4 is 0 Å². The SMILES string of the molecule is COC(=O)N1CCc2ccc3c(nc(C4CCCCC4)n3CC[C@H]3CCCC[C@H]3C(=O)O)c2C1. The summed E-state index contributed by atoms with van der Waals surface area (Å²) in [5.41, 5.74) is 4.57. The number of ether oxygens (including phenoxy) is 1. The predicted molar refractivity (Wildman–Crippen MR) is 130 cm³/mol. The van der Waals surface area contributed by atoms with Crippen molar-refractivity contribution in [3.05, 3.63) is 29.1 Å². The summed E-state index contributed by atoms with van der Waals surface area (Å²) in [6.45, 7) is 2.01. The average Bonchev–Trinajstić information content (AvgIpc) is 3.26. The van der Waals surface area contributed by atoms with E-state index in [9.17, 15) is 14.7 Å². The number of imidazole rings is 1. The maximum Gasteiger partial charge on any atom is 0.409 e. The molecular weight excluding hydrogens is 430 g/mol. The zero-order valence-electron chi connectivity index (χ0n) is 20.3. The van der Waals surface area contributed by atoms with Gasteiger partial charge in [0.25, 0.3) is 0 Å². The van der Waals surface area contributed by atoms with E-state index in [0.29, 0.717) is 19.0 Å². The van der Waals surface area contributed by atoms with Gasteiger partial charge < -0.3 is 19.3 Å². The smallest absolute Gasteiger partial charge is 0.409 e. The van der Waals surface area contributed by atoms with Crippen LogP contribution in [0.25, 0.3) is 11.0 Å². The van der Waals surface area contributed by atoms with Gasteiger partial charge in [0.15, 0.2) is 0 Å². The molecule has 0 bridgehead atoms. The van der Waals surface area contributed by atoms with Gasteiger partial charge in [0.2, 0.25) is 0 Å². The highest BCUT2D eigenvalue weighted by molar-refractivity contribution is 5.82. The minimum Gasteiger partial charge on any atom is -0.481 e. The van der Waals surface area contributed by atoms with Crippen molar-refractivity contribution in [1.82, 2.24) is 14.5 Å². The molecule has 2 aromatic rings. The van der Waals surface area contributed by atoms with Crippen molar-refractivity contribution in [3.8, 4) is 0 Å². The number of carbonyl (C=O) groups is 2. The molecule has 1 N–H and O–H groups in total. The molecule has 5 rings (SSSR count). The fourth-order valence-electron chi connectivity index (χ4n) is 6.61. The number of carboxylic acid groups (broad SMARTS) is 1. The van der Waals surface area contributed by atoms with Crippen molar-refractivity contribution in [2.45, 2.75) is 89.6 Å². The second-order valence-corrected chi connectivity index (χ2v) is 10.4. The number of nitrogens with zero attached hydrogens (tertiary/aromatic N) is 3. The number of aryl methyl sites for hydroxylation is 1. The molecule has 34 heavy (non-hydrogen) atoms. The fraction of sp³-hybridized carbons (Fsp3) is 0.667. The third-order valence-corrected chi connectivity index (χ3v) is 8.51. The Morgan fingerprint density at radius 2 is 1.85 bits per heavy atom. The Kier molecular flexibility index (Phi) is 6.79. The number of benzene rings is 1. The van der Waals surface area contributed by atoms with E-state index in [2.05, 4.69) is 16.7 Å². The summed E-state index contributed by atoms with van der Waals surface area (Å²) >= 11 is 0. The molecule has 7 heteroatoms. The standard InChI is InChI=1S/C27H37N3O4/c1-34-27(33)29-15-13-19-11-12-23-24(22(19)17-29)28-25(20-8-3-2-4-9-20)30(23)16-14-18-7-5-6-10-21(18)26(31)32/h11-12,18,20-21H,2-10,13-17H2,1H3,(H,31,32)/t18-,21-/m1/s1. The van der Waals surface area contributed by atoms with Gasteiger partial charge in [-0.3, -0.25) is 4.79 Å². The predicted octanol–water partition coefficient (Wildman–Crippen LogP) is 5.49. The molecule has 3 aliphatic rings. The lowest BCUT2D eigenvalue weighted by molar-refractivity contribution is -0.145. The van der Waals surface area contributed by atoms with E-state index in [1.54, 1.807) is 4.90 Å². The van der Waals surface area contributed by atoms with Gasteiger partial charge in [-0.1, -0.05) is 38.2 Å². The van der Waals surface area contributed by atoms with Gasteiger partial charge in [-0.05, 0) is 56.1 Å². The second kappa shape index (κ2) is 9.96. The third-order valence-electron chi connectivity index (χ3n) is 8.51. The van der Waals surface area contributed by atoms with Crippen LogP contribution in [0.4, 0.5) is 4.79 Å². The number of carbonyl (C=O) groups excluding carboxylic acids is 1. The summed E-state index contributed by atoms with van der Waals surface area (Å²) in [6.07, 6.45) is 11.5. The van der Waals surface area contributed by atoms with Crippen molar-refractivity contribution < 1.29 is 19.4 Å². The molecule has 2 saturated carbocycles. The molecule has 2 aliphatic carbocycles. The van der Waals surface area contributed by atoms with E-state index in [1.807, 2.05) is 0 Å². The molecule has 0 unspecified atom stereocenters. The molecular formula is C27H37N3O4. The van der Waals surface area contributed by atoms with Crippen LogP contribution in [0.15, 0.2) is 12.1 Å². The molecule has 2 atom stereocenters. The van der Waals surface area contributed by atoms with Gasteiger partial charge in [0.1, 0.15) is 5.82 Å². The second-order valence-electron chi connectivity index (χ2n) is 10.4. The Labute approximate surface area is 201 Å². The minimum atomic E-state index is -0.635. The van der Waals surface area contributed by atoms with Crippen LogP contribution >= 0.6 is 0 Å². The first-order chi connectivity index (χ1) is 16.6. The average molecular weight is 468 g/mol. The van der Waals surface area contributed by atoms with Gasteiger partial charge in [0, 0.05) is 24.6 Å². The van der Waals surface area contributed by atoms with Crippen molar-refractivity contribution in [2.75, 3.05) is 13.7 Å². The van der Waals surface area contributed by atoms with Crippen LogP contribution in [0.2, 0.25) is 0 Å². The van der Waals surface area contributed by atoms with Gasteiger partial charge in [0.05, 0.1) is 30.6 Å². The number of hydrogen-bond donors (Lipinski definition) is 1. The summed E-state index contributed by atoms with van der Waals surface area (Å²) in [7, 11) is 1.43. The van der Waals surface area contributed by atoms with Crippen LogP contribution in [0.1, 0.15) is 87.1 Å². The van der Waals surface area contributed by atoms with Crippen LogP contribution in [0.3, 0.4) is 0 Å². The van der Waals surface area contributed by atoms with Crippen LogP contribution in [0.5, 0.6) is 0 Å². The molecule has 0 saturated heterocycles. The number of hydrogen-bond acceptors (Lipinski definition) is 4. The van der Waals surface area contributed by atoms with E-state index < -0.39 is 5.97 Å². The Balaban J connectivity index is 1.50. The molecule has 184 valence electrons. The zero-order chi connectivity index (χ0) is 23.7. The van der Waals surface area contributed by atoms with Crippen LogP contribution in [-0.4, -0.2) is 45.3 Å². The number of fused-ring (bicyclic) bond motifs is 3. The Bertz CT molecular complexity index is 1060. The monoisotopic (exact) mass is 467 g/mol. The molecule has 7 nitrogen and oxygen atoms in total. The highest BCUT2D eigenvalue weighted by Gasteiger charge is 2.32. The summed E-state index contributed by atoms with van der Waals surface area (Å²) in [5.74, 6) is 1.00. The van der Waals surface area contributed by atoms with Crippen LogP contribution in [0, 0.1) is 11.8 Å². The van der Waals surface area contributed by atoms with Crippen LogP contribution in [-0.2, 0) is 29.0 Å². The van der Waals surface area contributed by atoms with E-state index in [-0.39, 0.29) is 17.9 Å². The summed E-state index contributed by atoms with van der Waals surface area (Å²) in [4.78, 5) is 31.1. The first-order valence-corrected chi connectivity index (χ1v) is 13.1. The van der Waals surface area contributed by atoms with Gasteiger partial charge >= 0.3 is 12.1 Å². The molecule has 0 radical (unpaired) electrons. The lowest BCUT2D eigenvalue weighted by Crippen LogP contribution is -2.35. The quantitative estimate of drug-likeness (QED) is 0.629. The number of carboxylic acids is 1. The van der Waals surface area contributed by atoms with Crippen molar-refractivity contribution in [3.63, 3.8) is 0 Å². The first-order valence-electron chi connectivity index (χ1n) is 13.1. The van der Waals surface area contributed by atoms with Crippen molar-refractivity contribution >= 4 is 23.1 Å². The Morgan fingerprint density at radius 1 is 1.09 bits per heavy atom. The molecule has 2 heterocycles. The number of amides is 1. The highest BCUT2D eigenvalue weighted by atomic mass is 16.5. The normalized spacial score (nSPS) is 23.6. The maximum atomic E-state index is 12.2. The molecule has 1 aromatic carbocycles. The van der Waals surface area contributed by atoms with Crippen molar-refractivity contribution in [1.29, 1.82) is 0 Å². The van der Waals surface area contributed by atoms with Gasteiger partial charge in [-0.2, -0.15) is 0 Å². The first kappa shape index (κ1) is 23.2. The van der Waals surface area contributed by atoms with Gasteiger partial charge in [-0.15, -0.1) is 0 Å². The molecule has 2 fully saturated rings. The number of aliphatic carboxylic acids is 1. The number of rotatable bonds is 5. The van der Waals surface area contributed by atoms with E-state index in [4.69, 9.17) is 9.72 Å². The summed E-state index contributed by atoms with van der Waals surface area (Å²) in [6, 6.07) is 4.41. The summed E-state index contributed by atoms with van der Waals surface area (Å²) < 4.78 is 7.39. The molecule has 0 spiro atoms. The molecule has 1 amide bonds. The van der Waals surface area contributed by atoms with Gasteiger partial charge in [-0.25, -0.2) is 9.78 Å². The fourth-order valence-corrected chi connectivity index (χ4v) is 6.61. The summed E-state index contributed by atoms with van der Waals surface area (Å²) in [5, 5.41) is 9.76.